The molecule has 0 bridgehead atoms. The van der Waals surface area contributed by atoms with Crippen molar-refractivity contribution in [3.05, 3.63) is 0 Å². The summed E-state index contributed by atoms with van der Waals surface area (Å²) >= 11 is 0. The van der Waals surface area contributed by atoms with Gasteiger partial charge < -0.3 is 14.6 Å². The fraction of sp³-hybridized carbons (Fsp3) is 0.750. The first-order valence-corrected chi connectivity index (χ1v) is 3.85. The van der Waals surface area contributed by atoms with Crippen molar-refractivity contribution in [3.8, 4) is 0 Å². The Balaban J connectivity index is 3.40. The van der Waals surface area contributed by atoms with Gasteiger partial charge >= 0.3 is 5.97 Å². The van der Waals surface area contributed by atoms with Gasteiger partial charge in [-0.3, -0.25) is 4.79 Å². The van der Waals surface area contributed by atoms with E-state index in [1.165, 1.54) is 13.8 Å². The van der Waals surface area contributed by atoms with E-state index in [1.807, 2.05) is 0 Å². The molecule has 0 saturated carbocycles. The first kappa shape index (κ1) is 11.1. The van der Waals surface area contributed by atoms with Crippen LogP contribution in [0, 0.1) is 0 Å². The molecule has 0 aromatic heterocycles. The molecule has 0 rings (SSSR count). The summed E-state index contributed by atoms with van der Waals surface area (Å²) in [4.78, 5) is 21.2. The maximum Gasteiger partial charge on any atom is 0.306 e. The minimum atomic E-state index is -0.647. The van der Waals surface area contributed by atoms with Crippen LogP contribution in [0.4, 0.5) is 0 Å². The summed E-state index contributed by atoms with van der Waals surface area (Å²) in [6.45, 7) is 2.94. The first-order chi connectivity index (χ1) is 5.52. The van der Waals surface area contributed by atoms with Gasteiger partial charge in [-0.15, -0.1) is 0 Å². The topological polar surface area (TPSA) is 63.6 Å². The largest absolute Gasteiger partial charge is 0.463 e. The van der Waals surface area contributed by atoms with Gasteiger partial charge in [0.2, 0.25) is 0 Å². The van der Waals surface area contributed by atoms with E-state index in [-0.39, 0.29) is 25.2 Å². The number of rotatable bonds is 5. The van der Waals surface area contributed by atoms with Crippen LogP contribution in [0.15, 0.2) is 0 Å². The van der Waals surface area contributed by atoms with Crippen LogP contribution in [0.3, 0.4) is 0 Å². The number of aliphatic hydroxyl groups excluding tert-OH is 1. The van der Waals surface area contributed by atoms with Crippen LogP contribution in [0.1, 0.15) is 26.7 Å². The van der Waals surface area contributed by atoms with Crippen LogP contribution in [-0.2, 0) is 14.3 Å². The number of carbonyl (C=O) groups is 2. The van der Waals surface area contributed by atoms with Crippen LogP contribution in [0.25, 0.3) is 0 Å². The summed E-state index contributed by atoms with van der Waals surface area (Å²) in [7, 11) is 0. The Morgan fingerprint density at radius 3 is 2.42 bits per heavy atom. The third-order valence-electron chi connectivity index (χ3n) is 1.17. The normalized spacial score (nSPS) is 12.2. The Morgan fingerprint density at radius 1 is 1.42 bits per heavy atom. The van der Waals surface area contributed by atoms with Crippen molar-refractivity contribution in [1.82, 2.24) is 0 Å². The van der Waals surface area contributed by atoms with Crippen molar-refractivity contribution in [2.75, 3.05) is 6.61 Å². The van der Waals surface area contributed by atoms with Crippen molar-refractivity contribution < 1.29 is 19.4 Å². The number of Topliss-reactive ketones (excluding diaryl/α,β-unsaturated/α-hetero) is 1. The average Bonchev–Trinajstić information content (AvgIpc) is 1.96. The van der Waals surface area contributed by atoms with Crippen LogP contribution < -0.4 is 0 Å². The molecule has 0 aromatic carbocycles. The molecule has 1 N–H and O–H groups in total. The highest BCUT2D eigenvalue weighted by atomic mass is 16.5. The molecule has 12 heavy (non-hydrogen) atoms. The Kier molecular flexibility index (Phi) is 5.28. The number of esters is 1. The molecule has 1 atom stereocenters. The molecule has 0 fully saturated rings. The molecular formula is C8H14O4. The Morgan fingerprint density at radius 2 is 2.00 bits per heavy atom. The molecule has 4 heteroatoms. The van der Waals surface area contributed by atoms with E-state index in [9.17, 15) is 9.59 Å². The quantitative estimate of drug-likeness (QED) is 0.608. The molecule has 1 unspecified atom stereocenters. The van der Waals surface area contributed by atoms with Gasteiger partial charge in [-0.1, -0.05) is 0 Å². The highest BCUT2D eigenvalue weighted by Gasteiger charge is 2.05. The minimum absolute atomic E-state index is 0.00324. The second kappa shape index (κ2) is 5.71. The monoisotopic (exact) mass is 174 g/mol. The van der Waals surface area contributed by atoms with Crippen molar-refractivity contribution >= 4 is 11.8 Å². The molecular weight excluding hydrogens is 160 g/mol. The highest BCUT2D eigenvalue weighted by molar-refractivity contribution is 5.80. The number of hydrogen-bond donors (Lipinski definition) is 1. The summed E-state index contributed by atoms with van der Waals surface area (Å²) in [6.07, 6.45) is -0.341. The molecule has 70 valence electrons. The molecule has 0 aliphatic heterocycles. The molecule has 4 nitrogen and oxygen atoms in total. The van der Waals surface area contributed by atoms with Crippen LogP contribution in [0.5, 0.6) is 0 Å². The summed E-state index contributed by atoms with van der Waals surface area (Å²) in [5, 5.41) is 8.73. The predicted molar refractivity (Wildman–Crippen MR) is 42.6 cm³/mol. The van der Waals surface area contributed by atoms with Crippen molar-refractivity contribution in [3.63, 3.8) is 0 Å². The summed E-state index contributed by atoms with van der Waals surface area (Å²) in [5.41, 5.74) is 0. The van der Waals surface area contributed by atoms with Gasteiger partial charge in [0, 0.05) is 6.42 Å². The van der Waals surface area contributed by atoms with Gasteiger partial charge in [-0.2, -0.15) is 0 Å². The van der Waals surface area contributed by atoms with E-state index in [1.54, 1.807) is 0 Å². The maximum absolute atomic E-state index is 10.8. The van der Waals surface area contributed by atoms with E-state index < -0.39 is 12.1 Å². The summed E-state index contributed by atoms with van der Waals surface area (Å²) in [6, 6.07) is 0. The van der Waals surface area contributed by atoms with Gasteiger partial charge in [0.15, 0.2) is 0 Å². The fourth-order valence-corrected chi connectivity index (χ4v) is 0.564. The Hall–Kier alpha value is -0.900. The smallest absolute Gasteiger partial charge is 0.306 e. The van der Waals surface area contributed by atoms with Crippen LogP contribution >= 0.6 is 0 Å². The lowest BCUT2D eigenvalue weighted by atomic mass is 10.2. The molecule has 0 aliphatic carbocycles. The van der Waals surface area contributed by atoms with E-state index in [4.69, 9.17) is 5.11 Å². The SMILES string of the molecule is CC(=O)CCC(=O)OCC(C)O. The van der Waals surface area contributed by atoms with Gasteiger partial charge in [0.25, 0.3) is 0 Å². The maximum atomic E-state index is 10.8. The number of ether oxygens (including phenoxy) is 1. The number of ketones is 1. The molecule has 0 aliphatic rings. The summed E-state index contributed by atoms with van der Waals surface area (Å²) in [5.74, 6) is -0.477. The number of hydrogen-bond acceptors (Lipinski definition) is 4. The predicted octanol–water partition coefficient (Wildman–Crippen LogP) is 0.280. The van der Waals surface area contributed by atoms with Crippen molar-refractivity contribution in [2.45, 2.75) is 32.8 Å². The summed E-state index contributed by atoms with van der Waals surface area (Å²) < 4.78 is 4.61. The van der Waals surface area contributed by atoms with E-state index in [0.717, 1.165) is 0 Å². The second-order valence-electron chi connectivity index (χ2n) is 2.73. The zero-order valence-corrected chi connectivity index (χ0v) is 7.37. The standard InChI is InChI=1S/C8H14O4/c1-6(9)3-4-8(11)12-5-7(2)10/h7,10H,3-5H2,1-2H3. The lowest BCUT2D eigenvalue weighted by molar-refractivity contribution is -0.147. The molecule has 0 aromatic rings. The molecule has 0 saturated heterocycles. The van der Waals surface area contributed by atoms with Crippen LogP contribution in [0.2, 0.25) is 0 Å². The number of carbonyl (C=O) groups excluding carboxylic acids is 2. The van der Waals surface area contributed by atoms with E-state index in [2.05, 4.69) is 4.74 Å². The fourth-order valence-electron chi connectivity index (χ4n) is 0.564. The average molecular weight is 174 g/mol. The van der Waals surface area contributed by atoms with Gasteiger partial charge in [0.05, 0.1) is 12.5 Å². The minimum Gasteiger partial charge on any atom is -0.463 e. The van der Waals surface area contributed by atoms with Gasteiger partial charge in [0.1, 0.15) is 12.4 Å². The zero-order valence-electron chi connectivity index (χ0n) is 7.37. The van der Waals surface area contributed by atoms with Gasteiger partial charge in [-0.25, -0.2) is 0 Å². The number of aliphatic hydroxyl groups is 1. The molecule has 0 heterocycles. The molecule has 0 amide bonds. The molecule has 0 radical (unpaired) electrons. The van der Waals surface area contributed by atoms with E-state index in [0.29, 0.717) is 0 Å². The Bertz CT molecular complexity index is 162. The second-order valence-corrected chi connectivity index (χ2v) is 2.73. The van der Waals surface area contributed by atoms with Crippen molar-refractivity contribution in [1.29, 1.82) is 0 Å². The third-order valence-corrected chi connectivity index (χ3v) is 1.17. The zero-order chi connectivity index (χ0) is 9.56. The highest BCUT2D eigenvalue weighted by Crippen LogP contribution is 1.94. The lowest BCUT2D eigenvalue weighted by Gasteiger charge is -2.05. The first-order valence-electron chi connectivity index (χ1n) is 3.85. The lowest BCUT2D eigenvalue weighted by Crippen LogP contribution is -2.15. The van der Waals surface area contributed by atoms with Crippen LogP contribution in [-0.4, -0.2) is 29.6 Å². The Labute approximate surface area is 71.5 Å². The molecule has 0 spiro atoms. The van der Waals surface area contributed by atoms with E-state index >= 15 is 0 Å². The third kappa shape index (κ3) is 7.21. The van der Waals surface area contributed by atoms with Crippen molar-refractivity contribution in [2.24, 2.45) is 0 Å². The van der Waals surface area contributed by atoms with Gasteiger partial charge in [-0.05, 0) is 13.8 Å².